The smallest absolute Gasteiger partial charge is 0.124 e. The first-order valence-corrected chi connectivity index (χ1v) is 6.25. The molecule has 0 aromatic heterocycles. The van der Waals surface area contributed by atoms with Crippen LogP contribution in [0.15, 0.2) is 18.2 Å². The fraction of sp³-hybridized carbons (Fsp3) is 0.571. The van der Waals surface area contributed by atoms with Gasteiger partial charge in [-0.25, -0.2) is 0 Å². The van der Waals surface area contributed by atoms with Crippen LogP contribution in [0.1, 0.15) is 18.1 Å². The topological polar surface area (TPSA) is 39.7 Å². The lowest BCUT2D eigenvalue weighted by Gasteiger charge is -2.11. The van der Waals surface area contributed by atoms with Crippen molar-refractivity contribution in [3.05, 3.63) is 29.3 Å². The predicted molar refractivity (Wildman–Crippen MR) is 71.9 cm³/mol. The minimum atomic E-state index is 0.548. The molecule has 0 heterocycles. The van der Waals surface area contributed by atoms with E-state index in [1.54, 1.807) is 14.2 Å². The lowest BCUT2D eigenvalue weighted by molar-refractivity contribution is 0.0607. The first-order valence-electron chi connectivity index (χ1n) is 6.25. The van der Waals surface area contributed by atoms with Gasteiger partial charge in [0.2, 0.25) is 0 Å². The molecule has 0 saturated heterocycles. The summed E-state index contributed by atoms with van der Waals surface area (Å²) < 4.78 is 15.8. The van der Waals surface area contributed by atoms with Crippen LogP contribution in [-0.4, -0.2) is 34.0 Å². The first-order chi connectivity index (χ1) is 8.81. The van der Waals surface area contributed by atoms with Crippen LogP contribution in [0.4, 0.5) is 0 Å². The van der Waals surface area contributed by atoms with E-state index < -0.39 is 0 Å². The van der Waals surface area contributed by atoms with Crippen LogP contribution < -0.4 is 10.1 Å². The number of hydrogen-bond donors (Lipinski definition) is 1. The Bertz CT molecular complexity index is 342. The molecule has 0 amide bonds. The highest BCUT2D eigenvalue weighted by molar-refractivity contribution is 5.36. The molecule has 1 rings (SSSR count). The molecule has 0 aliphatic carbocycles. The molecule has 1 aromatic carbocycles. The number of nitrogens with one attached hydrogen (secondary N) is 1. The summed E-state index contributed by atoms with van der Waals surface area (Å²) in [4.78, 5) is 0. The quantitative estimate of drug-likeness (QED) is 0.683. The molecule has 0 fully saturated rings. The van der Waals surface area contributed by atoms with Gasteiger partial charge >= 0.3 is 0 Å². The molecule has 1 aromatic rings. The fourth-order valence-corrected chi connectivity index (χ4v) is 1.65. The summed E-state index contributed by atoms with van der Waals surface area (Å²) in [6, 6.07) is 6.18. The molecular weight excluding hydrogens is 230 g/mol. The van der Waals surface area contributed by atoms with Gasteiger partial charge in [0, 0.05) is 19.2 Å². The van der Waals surface area contributed by atoms with Crippen molar-refractivity contribution in [1.82, 2.24) is 5.32 Å². The van der Waals surface area contributed by atoms with E-state index in [4.69, 9.17) is 14.2 Å². The SMILES string of the molecule is CCNCc1ccc(OC)c(COCCOC)c1. The van der Waals surface area contributed by atoms with Gasteiger partial charge in [-0.2, -0.15) is 0 Å². The number of hydrogen-bond acceptors (Lipinski definition) is 4. The zero-order valence-electron chi connectivity index (χ0n) is 11.5. The van der Waals surface area contributed by atoms with Crippen LogP contribution in [0.2, 0.25) is 0 Å². The molecule has 4 nitrogen and oxygen atoms in total. The Morgan fingerprint density at radius 1 is 1.17 bits per heavy atom. The number of ether oxygens (including phenoxy) is 3. The summed E-state index contributed by atoms with van der Waals surface area (Å²) in [6.07, 6.45) is 0. The average Bonchev–Trinajstić information content (AvgIpc) is 2.41. The zero-order chi connectivity index (χ0) is 13.2. The standard InChI is InChI=1S/C14H23NO3/c1-4-15-10-12-5-6-14(17-3)13(9-12)11-18-8-7-16-2/h5-6,9,15H,4,7-8,10-11H2,1-3H3. The van der Waals surface area contributed by atoms with Gasteiger partial charge in [0.05, 0.1) is 26.9 Å². The Balaban J connectivity index is 2.60. The molecule has 0 unspecified atom stereocenters. The highest BCUT2D eigenvalue weighted by Gasteiger charge is 2.04. The van der Waals surface area contributed by atoms with E-state index in [-0.39, 0.29) is 0 Å². The molecule has 0 aliphatic heterocycles. The highest BCUT2D eigenvalue weighted by atomic mass is 16.5. The van der Waals surface area contributed by atoms with Crippen molar-refractivity contribution in [3.63, 3.8) is 0 Å². The lowest BCUT2D eigenvalue weighted by Crippen LogP contribution is -2.12. The van der Waals surface area contributed by atoms with Gasteiger partial charge in [-0.1, -0.05) is 13.0 Å². The Morgan fingerprint density at radius 3 is 2.67 bits per heavy atom. The van der Waals surface area contributed by atoms with Gasteiger partial charge in [-0.05, 0) is 24.2 Å². The zero-order valence-corrected chi connectivity index (χ0v) is 11.5. The molecule has 0 aliphatic rings. The highest BCUT2D eigenvalue weighted by Crippen LogP contribution is 2.20. The Kier molecular flexibility index (Phi) is 7.41. The Morgan fingerprint density at radius 2 is 2.00 bits per heavy atom. The number of rotatable bonds is 9. The van der Waals surface area contributed by atoms with E-state index in [1.807, 2.05) is 6.07 Å². The molecular formula is C14H23NO3. The summed E-state index contributed by atoms with van der Waals surface area (Å²) in [5, 5.41) is 3.30. The molecule has 0 bridgehead atoms. The van der Waals surface area contributed by atoms with Gasteiger partial charge in [0.1, 0.15) is 5.75 Å². The fourth-order valence-electron chi connectivity index (χ4n) is 1.65. The maximum atomic E-state index is 5.54. The molecule has 18 heavy (non-hydrogen) atoms. The molecule has 0 atom stereocenters. The minimum absolute atomic E-state index is 0.548. The second-order valence-electron chi connectivity index (χ2n) is 3.97. The molecule has 0 radical (unpaired) electrons. The van der Waals surface area contributed by atoms with Crippen molar-refractivity contribution in [2.75, 3.05) is 34.0 Å². The van der Waals surface area contributed by atoms with E-state index >= 15 is 0 Å². The summed E-state index contributed by atoms with van der Waals surface area (Å²) in [5.74, 6) is 0.868. The molecule has 0 saturated carbocycles. The van der Waals surface area contributed by atoms with E-state index in [9.17, 15) is 0 Å². The summed E-state index contributed by atoms with van der Waals surface area (Å²) in [7, 11) is 3.35. The third-order valence-corrected chi connectivity index (χ3v) is 2.61. The van der Waals surface area contributed by atoms with Crippen molar-refractivity contribution in [3.8, 4) is 5.75 Å². The van der Waals surface area contributed by atoms with Crippen molar-refractivity contribution < 1.29 is 14.2 Å². The lowest BCUT2D eigenvalue weighted by atomic mass is 10.1. The van der Waals surface area contributed by atoms with E-state index in [1.165, 1.54) is 5.56 Å². The monoisotopic (exact) mass is 253 g/mol. The first kappa shape index (κ1) is 15.0. The third kappa shape index (κ3) is 5.04. The van der Waals surface area contributed by atoms with Crippen LogP contribution in [0, 0.1) is 0 Å². The van der Waals surface area contributed by atoms with Crippen LogP contribution in [0.25, 0.3) is 0 Å². The van der Waals surface area contributed by atoms with E-state index in [2.05, 4.69) is 24.4 Å². The summed E-state index contributed by atoms with van der Waals surface area (Å²) in [6.45, 7) is 5.68. The van der Waals surface area contributed by atoms with Gasteiger partial charge in [-0.3, -0.25) is 0 Å². The Hall–Kier alpha value is -1.10. The van der Waals surface area contributed by atoms with Crippen LogP contribution in [0.5, 0.6) is 5.75 Å². The largest absolute Gasteiger partial charge is 0.496 e. The van der Waals surface area contributed by atoms with Gasteiger partial charge in [-0.15, -0.1) is 0 Å². The second kappa shape index (κ2) is 8.91. The van der Waals surface area contributed by atoms with Crippen molar-refractivity contribution in [2.24, 2.45) is 0 Å². The molecule has 0 spiro atoms. The summed E-state index contributed by atoms with van der Waals surface area (Å²) in [5.41, 5.74) is 2.31. The van der Waals surface area contributed by atoms with Gasteiger partial charge in [0.15, 0.2) is 0 Å². The number of methoxy groups -OCH3 is 2. The normalized spacial score (nSPS) is 10.6. The van der Waals surface area contributed by atoms with Gasteiger partial charge < -0.3 is 19.5 Å². The maximum absolute atomic E-state index is 5.54. The van der Waals surface area contributed by atoms with Crippen LogP contribution in [0.3, 0.4) is 0 Å². The predicted octanol–water partition coefficient (Wildman–Crippen LogP) is 1.97. The molecule has 1 N–H and O–H groups in total. The second-order valence-corrected chi connectivity index (χ2v) is 3.97. The van der Waals surface area contributed by atoms with Crippen LogP contribution >= 0.6 is 0 Å². The van der Waals surface area contributed by atoms with Crippen molar-refractivity contribution in [1.29, 1.82) is 0 Å². The third-order valence-electron chi connectivity index (χ3n) is 2.61. The minimum Gasteiger partial charge on any atom is -0.496 e. The maximum Gasteiger partial charge on any atom is 0.124 e. The average molecular weight is 253 g/mol. The van der Waals surface area contributed by atoms with Crippen molar-refractivity contribution >= 4 is 0 Å². The van der Waals surface area contributed by atoms with E-state index in [0.717, 1.165) is 24.4 Å². The van der Waals surface area contributed by atoms with Crippen LogP contribution in [-0.2, 0) is 22.6 Å². The van der Waals surface area contributed by atoms with Gasteiger partial charge in [0.25, 0.3) is 0 Å². The number of benzene rings is 1. The Labute approximate surface area is 109 Å². The van der Waals surface area contributed by atoms with Crippen molar-refractivity contribution in [2.45, 2.75) is 20.1 Å². The van der Waals surface area contributed by atoms with E-state index in [0.29, 0.717) is 19.8 Å². The summed E-state index contributed by atoms with van der Waals surface area (Å²) >= 11 is 0. The molecule has 102 valence electrons. The molecule has 4 heteroatoms.